The van der Waals surface area contributed by atoms with Crippen LogP contribution in [0.3, 0.4) is 0 Å². The molecule has 0 radical (unpaired) electrons. The summed E-state index contributed by atoms with van der Waals surface area (Å²) >= 11 is 6.14. The Balaban J connectivity index is 1.68. The van der Waals surface area contributed by atoms with E-state index >= 15 is 0 Å². The largest absolute Gasteiger partial charge is 0.478 e. The van der Waals surface area contributed by atoms with E-state index in [1.807, 2.05) is 6.07 Å². The third-order valence-corrected chi connectivity index (χ3v) is 4.41. The maximum Gasteiger partial charge on any atom is 0.263 e. The van der Waals surface area contributed by atoms with Crippen molar-refractivity contribution in [1.29, 1.82) is 0 Å². The van der Waals surface area contributed by atoms with E-state index in [4.69, 9.17) is 20.9 Å². The topological polar surface area (TPSA) is 68.5 Å². The molecule has 0 N–H and O–H groups in total. The first-order valence-electron chi connectivity index (χ1n) is 8.73. The van der Waals surface area contributed by atoms with Crippen LogP contribution < -0.4 is 4.74 Å². The highest BCUT2D eigenvalue weighted by Crippen LogP contribution is 2.25. The summed E-state index contributed by atoms with van der Waals surface area (Å²) in [5.74, 6) is -0.196. The summed E-state index contributed by atoms with van der Waals surface area (Å²) in [5, 5.41) is 4.42. The molecular formula is C20H19ClFN3O3. The molecule has 0 saturated carbocycles. The fourth-order valence-corrected chi connectivity index (χ4v) is 2.82. The van der Waals surface area contributed by atoms with Crippen LogP contribution in [0.4, 0.5) is 4.39 Å². The molecule has 0 aliphatic heterocycles. The number of ether oxygens (including phenoxy) is 1. The smallest absolute Gasteiger partial charge is 0.263 e. The first-order chi connectivity index (χ1) is 13.5. The van der Waals surface area contributed by atoms with Crippen molar-refractivity contribution in [2.75, 3.05) is 7.05 Å². The number of halogens is 2. The Kier molecular flexibility index (Phi) is 6.26. The van der Waals surface area contributed by atoms with E-state index in [9.17, 15) is 9.18 Å². The lowest BCUT2D eigenvalue weighted by atomic mass is 10.2. The molecule has 0 spiro atoms. The first-order valence-corrected chi connectivity index (χ1v) is 9.11. The van der Waals surface area contributed by atoms with E-state index in [0.29, 0.717) is 22.8 Å². The van der Waals surface area contributed by atoms with Gasteiger partial charge in [0.15, 0.2) is 17.7 Å². The van der Waals surface area contributed by atoms with Crippen LogP contribution in [0.5, 0.6) is 5.75 Å². The SMILES string of the molecule is CC[C@@H](Oc1ccccc1F)C(=O)N(C)Cc1nc(-c2ccccc2Cl)no1. The fourth-order valence-electron chi connectivity index (χ4n) is 2.60. The second-order valence-electron chi connectivity index (χ2n) is 6.13. The minimum Gasteiger partial charge on any atom is -0.478 e. The molecule has 3 rings (SSSR count). The van der Waals surface area contributed by atoms with E-state index < -0.39 is 11.9 Å². The normalized spacial score (nSPS) is 11.9. The number of amides is 1. The van der Waals surface area contributed by atoms with Crippen LogP contribution in [0.25, 0.3) is 11.4 Å². The van der Waals surface area contributed by atoms with Gasteiger partial charge in [0.2, 0.25) is 11.7 Å². The number of carbonyl (C=O) groups excluding carboxylic acids is 1. The van der Waals surface area contributed by atoms with Gasteiger partial charge in [0.25, 0.3) is 5.91 Å². The molecule has 6 nitrogen and oxygen atoms in total. The number of carbonyl (C=O) groups is 1. The van der Waals surface area contributed by atoms with Crippen molar-refractivity contribution in [3.05, 3.63) is 65.3 Å². The molecule has 3 aromatic rings. The molecule has 146 valence electrons. The van der Waals surface area contributed by atoms with Crippen LogP contribution >= 0.6 is 11.6 Å². The quantitative estimate of drug-likeness (QED) is 0.586. The second kappa shape index (κ2) is 8.84. The van der Waals surface area contributed by atoms with Crippen molar-refractivity contribution in [2.24, 2.45) is 0 Å². The molecule has 0 aliphatic carbocycles. The van der Waals surface area contributed by atoms with E-state index in [0.717, 1.165) is 0 Å². The van der Waals surface area contributed by atoms with E-state index in [-0.39, 0.29) is 24.1 Å². The van der Waals surface area contributed by atoms with E-state index in [1.54, 1.807) is 44.3 Å². The Bertz CT molecular complexity index is 963. The lowest BCUT2D eigenvalue weighted by Gasteiger charge is -2.22. The summed E-state index contributed by atoms with van der Waals surface area (Å²) < 4.78 is 24.6. The zero-order valence-electron chi connectivity index (χ0n) is 15.4. The van der Waals surface area contributed by atoms with Crippen LogP contribution in [-0.2, 0) is 11.3 Å². The van der Waals surface area contributed by atoms with Crippen molar-refractivity contribution in [1.82, 2.24) is 15.0 Å². The minimum absolute atomic E-state index is 0.0369. The van der Waals surface area contributed by atoms with Crippen LogP contribution in [0, 0.1) is 5.82 Å². The van der Waals surface area contributed by atoms with Crippen LogP contribution in [0.1, 0.15) is 19.2 Å². The lowest BCUT2D eigenvalue weighted by Crippen LogP contribution is -2.39. The molecule has 0 unspecified atom stereocenters. The fraction of sp³-hybridized carbons (Fsp3) is 0.250. The predicted molar refractivity (Wildman–Crippen MR) is 102 cm³/mol. The van der Waals surface area contributed by atoms with Gasteiger partial charge in [-0.05, 0) is 30.7 Å². The molecule has 0 aliphatic rings. The average Bonchev–Trinajstić information content (AvgIpc) is 3.15. The summed E-state index contributed by atoms with van der Waals surface area (Å²) in [4.78, 5) is 18.4. The standard InChI is InChI=1S/C20H19ClFN3O3/c1-3-16(27-17-11-7-6-10-15(17)22)20(26)25(2)12-18-23-19(24-28-18)13-8-4-5-9-14(13)21/h4-11,16H,3,12H2,1-2H3/t16-/m1/s1. The molecule has 0 fully saturated rings. The Morgan fingerprint density at radius 3 is 2.68 bits per heavy atom. The zero-order chi connectivity index (χ0) is 20.1. The maximum atomic E-state index is 13.8. The molecule has 1 aromatic heterocycles. The minimum atomic E-state index is -0.826. The molecule has 2 aromatic carbocycles. The molecule has 1 heterocycles. The Morgan fingerprint density at radius 1 is 1.25 bits per heavy atom. The number of hydrogen-bond donors (Lipinski definition) is 0. The van der Waals surface area contributed by atoms with Gasteiger partial charge in [0.1, 0.15) is 0 Å². The summed E-state index contributed by atoms with van der Waals surface area (Å²) in [5.41, 5.74) is 0.641. The lowest BCUT2D eigenvalue weighted by molar-refractivity contribution is -0.138. The van der Waals surface area contributed by atoms with Crippen molar-refractivity contribution in [3.8, 4) is 17.1 Å². The molecule has 1 amide bonds. The summed E-state index contributed by atoms with van der Waals surface area (Å²) in [6, 6.07) is 13.1. The second-order valence-corrected chi connectivity index (χ2v) is 6.54. The number of benzene rings is 2. The number of nitrogens with zero attached hydrogens (tertiary/aromatic N) is 3. The molecule has 0 saturated heterocycles. The average molecular weight is 404 g/mol. The summed E-state index contributed by atoms with van der Waals surface area (Å²) in [6.07, 6.45) is -0.445. The Labute approximate surface area is 166 Å². The molecule has 1 atom stereocenters. The summed E-state index contributed by atoms with van der Waals surface area (Å²) in [6.45, 7) is 1.88. The zero-order valence-corrected chi connectivity index (χ0v) is 16.2. The number of rotatable bonds is 7. The molecule has 8 heteroatoms. The van der Waals surface area contributed by atoms with Gasteiger partial charge in [-0.25, -0.2) is 4.39 Å². The van der Waals surface area contributed by atoms with Gasteiger partial charge in [0.05, 0.1) is 11.6 Å². The number of para-hydroxylation sites is 1. The first kappa shape index (κ1) is 19.8. The van der Waals surface area contributed by atoms with Crippen molar-refractivity contribution >= 4 is 17.5 Å². The number of likely N-dealkylation sites (N-methyl/N-ethyl adjacent to an activating group) is 1. The van der Waals surface area contributed by atoms with E-state index in [1.165, 1.54) is 17.0 Å². The van der Waals surface area contributed by atoms with Gasteiger partial charge in [-0.2, -0.15) is 4.98 Å². The van der Waals surface area contributed by atoms with Gasteiger partial charge < -0.3 is 14.2 Å². The Morgan fingerprint density at radius 2 is 1.96 bits per heavy atom. The third kappa shape index (κ3) is 4.48. The van der Waals surface area contributed by atoms with Crippen molar-refractivity contribution < 1.29 is 18.4 Å². The highest BCUT2D eigenvalue weighted by molar-refractivity contribution is 6.33. The van der Waals surface area contributed by atoms with Gasteiger partial charge in [-0.1, -0.05) is 47.9 Å². The highest BCUT2D eigenvalue weighted by atomic mass is 35.5. The van der Waals surface area contributed by atoms with Crippen molar-refractivity contribution in [2.45, 2.75) is 26.0 Å². The maximum absolute atomic E-state index is 13.8. The van der Waals surface area contributed by atoms with Crippen LogP contribution in [0.2, 0.25) is 5.02 Å². The monoisotopic (exact) mass is 403 g/mol. The van der Waals surface area contributed by atoms with Gasteiger partial charge in [0, 0.05) is 12.6 Å². The molecular weight excluding hydrogens is 385 g/mol. The van der Waals surface area contributed by atoms with Gasteiger partial charge in [-0.3, -0.25) is 4.79 Å². The number of aromatic nitrogens is 2. The summed E-state index contributed by atoms with van der Waals surface area (Å²) in [7, 11) is 1.59. The van der Waals surface area contributed by atoms with E-state index in [2.05, 4.69) is 10.1 Å². The van der Waals surface area contributed by atoms with Gasteiger partial charge in [-0.15, -0.1) is 0 Å². The highest BCUT2D eigenvalue weighted by Gasteiger charge is 2.25. The predicted octanol–water partition coefficient (Wildman–Crippen LogP) is 4.35. The van der Waals surface area contributed by atoms with Crippen LogP contribution in [-0.4, -0.2) is 34.1 Å². The molecule has 0 bridgehead atoms. The number of hydrogen-bond acceptors (Lipinski definition) is 5. The molecule has 28 heavy (non-hydrogen) atoms. The van der Waals surface area contributed by atoms with Gasteiger partial charge >= 0.3 is 0 Å². The Hall–Kier alpha value is -2.93. The van der Waals surface area contributed by atoms with Crippen molar-refractivity contribution in [3.63, 3.8) is 0 Å². The van der Waals surface area contributed by atoms with Crippen LogP contribution in [0.15, 0.2) is 53.1 Å². The third-order valence-electron chi connectivity index (χ3n) is 4.08.